The lowest BCUT2D eigenvalue weighted by atomic mass is 10.2. The molecule has 3 aromatic rings. The maximum absolute atomic E-state index is 12.2. The van der Waals surface area contributed by atoms with Crippen molar-refractivity contribution >= 4 is 22.8 Å². The van der Waals surface area contributed by atoms with Gasteiger partial charge in [-0.25, -0.2) is 0 Å². The van der Waals surface area contributed by atoms with Crippen molar-refractivity contribution < 1.29 is 9.53 Å². The zero-order valence-electron chi connectivity index (χ0n) is 13.6. The average molecular weight is 338 g/mol. The van der Waals surface area contributed by atoms with E-state index in [9.17, 15) is 4.79 Å². The van der Waals surface area contributed by atoms with E-state index in [0.29, 0.717) is 29.3 Å². The molecule has 25 heavy (non-hydrogen) atoms. The van der Waals surface area contributed by atoms with E-state index in [1.165, 1.54) is 7.05 Å². The number of fused-ring (bicyclic) bond motifs is 1. The third kappa shape index (κ3) is 3.59. The minimum absolute atomic E-state index is 0.0461. The summed E-state index contributed by atoms with van der Waals surface area (Å²) in [7, 11) is 1.50. The van der Waals surface area contributed by atoms with Gasteiger partial charge in [0.2, 0.25) is 0 Å². The lowest BCUT2D eigenvalue weighted by molar-refractivity contribution is 0.0972. The van der Waals surface area contributed by atoms with E-state index < -0.39 is 0 Å². The number of para-hydroxylation sites is 1. The van der Waals surface area contributed by atoms with Crippen LogP contribution in [0.3, 0.4) is 0 Å². The molecule has 2 heterocycles. The van der Waals surface area contributed by atoms with Crippen LogP contribution in [0.15, 0.2) is 47.7 Å². The molecule has 1 aromatic carbocycles. The van der Waals surface area contributed by atoms with Crippen LogP contribution in [0.5, 0.6) is 11.5 Å². The summed E-state index contributed by atoms with van der Waals surface area (Å²) in [5.74, 6) is 0.810. The summed E-state index contributed by atoms with van der Waals surface area (Å²) in [6.45, 7) is 0.377. The van der Waals surface area contributed by atoms with Gasteiger partial charge in [0.15, 0.2) is 11.7 Å². The molecule has 0 bridgehead atoms. The van der Waals surface area contributed by atoms with Gasteiger partial charge in [-0.3, -0.25) is 20.1 Å². The largest absolute Gasteiger partial charge is 0.454 e. The Kier molecular flexibility index (Phi) is 4.62. The number of nitrogens with zero attached hydrogens (tertiary/aromatic N) is 2. The number of hydrogen-bond acceptors (Lipinski definition) is 5. The number of aromatic amines is 1. The van der Waals surface area contributed by atoms with E-state index >= 15 is 0 Å². The minimum atomic E-state index is -0.378. The Morgan fingerprint density at radius 3 is 2.96 bits per heavy atom. The van der Waals surface area contributed by atoms with Crippen LogP contribution >= 0.6 is 0 Å². The van der Waals surface area contributed by atoms with Gasteiger partial charge in [0.25, 0.3) is 5.91 Å². The summed E-state index contributed by atoms with van der Waals surface area (Å²) in [4.78, 5) is 23.0. The number of hydrogen-bond donors (Lipinski definition) is 4. The van der Waals surface area contributed by atoms with Crippen LogP contribution < -0.4 is 21.5 Å². The van der Waals surface area contributed by atoms with Gasteiger partial charge in [-0.05, 0) is 23.8 Å². The predicted molar refractivity (Wildman–Crippen MR) is 95.5 cm³/mol. The number of benzene rings is 1. The SMILES string of the molecule is CN=C(N)NC(=O)c1cc2cccc(Oc3cncc(CN)c3)c2[nH]1. The second-order valence-corrected chi connectivity index (χ2v) is 5.30. The molecule has 0 saturated carbocycles. The molecule has 0 atom stereocenters. The number of aliphatic imine (C=N–C) groups is 1. The maximum atomic E-state index is 12.2. The van der Waals surface area contributed by atoms with Gasteiger partial charge in [-0.15, -0.1) is 0 Å². The van der Waals surface area contributed by atoms with Gasteiger partial charge in [0.1, 0.15) is 11.4 Å². The van der Waals surface area contributed by atoms with Crippen LogP contribution in [-0.4, -0.2) is 28.9 Å². The monoisotopic (exact) mass is 338 g/mol. The van der Waals surface area contributed by atoms with Gasteiger partial charge in [0.05, 0.1) is 11.7 Å². The average Bonchev–Trinajstić information content (AvgIpc) is 3.07. The van der Waals surface area contributed by atoms with Crippen LogP contribution in [0, 0.1) is 0 Å². The molecule has 6 N–H and O–H groups in total. The van der Waals surface area contributed by atoms with E-state index in [1.807, 2.05) is 18.2 Å². The van der Waals surface area contributed by atoms with Crippen LogP contribution in [0.2, 0.25) is 0 Å². The Morgan fingerprint density at radius 1 is 1.36 bits per heavy atom. The second kappa shape index (κ2) is 7.02. The highest BCUT2D eigenvalue weighted by molar-refractivity contribution is 6.07. The molecule has 0 fully saturated rings. The molecular weight excluding hydrogens is 320 g/mol. The highest BCUT2D eigenvalue weighted by Gasteiger charge is 2.13. The fraction of sp³-hybridized carbons (Fsp3) is 0.118. The fourth-order valence-corrected chi connectivity index (χ4v) is 2.33. The Morgan fingerprint density at radius 2 is 2.20 bits per heavy atom. The van der Waals surface area contributed by atoms with E-state index in [1.54, 1.807) is 24.5 Å². The smallest absolute Gasteiger partial charge is 0.274 e. The lowest BCUT2D eigenvalue weighted by Crippen LogP contribution is -2.36. The number of rotatable bonds is 4. The van der Waals surface area contributed by atoms with Gasteiger partial charge in [0, 0.05) is 25.2 Å². The number of ether oxygens (including phenoxy) is 1. The van der Waals surface area contributed by atoms with Crippen molar-refractivity contribution in [3.8, 4) is 11.5 Å². The van der Waals surface area contributed by atoms with Crippen LogP contribution in [0.25, 0.3) is 10.9 Å². The third-order valence-corrected chi connectivity index (χ3v) is 3.58. The number of carbonyl (C=O) groups is 1. The highest BCUT2D eigenvalue weighted by Crippen LogP contribution is 2.30. The first-order valence-electron chi connectivity index (χ1n) is 7.58. The highest BCUT2D eigenvalue weighted by atomic mass is 16.5. The number of aromatic nitrogens is 2. The van der Waals surface area contributed by atoms with Gasteiger partial charge < -0.3 is 21.2 Å². The molecule has 8 nitrogen and oxygen atoms in total. The molecule has 128 valence electrons. The van der Waals surface area contributed by atoms with E-state index in [2.05, 4.69) is 20.3 Å². The zero-order valence-corrected chi connectivity index (χ0v) is 13.6. The summed E-state index contributed by atoms with van der Waals surface area (Å²) in [5.41, 5.74) is 13.1. The van der Waals surface area contributed by atoms with Crippen LogP contribution in [-0.2, 0) is 6.54 Å². The van der Waals surface area contributed by atoms with Crippen molar-refractivity contribution in [2.45, 2.75) is 6.54 Å². The number of nitrogens with one attached hydrogen (secondary N) is 2. The van der Waals surface area contributed by atoms with Crippen molar-refractivity contribution in [3.05, 3.63) is 54.0 Å². The third-order valence-electron chi connectivity index (χ3n) is 3.58. The van der Waals surface area contributed by atoms with Crippen molar-refractivity contribution in [1.82, 2.24) is 15.3 Å². The van der Waals surface area contributed by atoms with Crippen molar-refractivity contribution in [3.63, 3.8) is 0 Å². The van der Waals surface area contributed by atoms with E-state index in [-0.39, 0.29) is 11.9 Å². The first kappa shape index (κ1) is 16.5. The van der Waals surface area contributed by atoms with Gasteiger partial charge in [-0.2, -0.15) is 0 Å². The number of H-pyrrole nitrogens is 1. The number of amides is 1. The summed E-state index contributed by atoms with van der Waals surface area (Å²) in [5, 5.41) is 3.32. The normalized spacial score (nSPS) is 11.5. The van der Waals surface area contributed by atoms with E-state index in [0.717, 1.165) is 10.9 Å². The molecule has 2 aromatic heterocycles. The Labute approximate surface area is 143 Å². The van der Waals surface area contributed by atoms with Crippen LogP contribution in [0.1, 0.15) is 16.1 Å². The Balaban J connectivity index is 1.92. The Hall–Kier alpha value is -3.39. The standard InChI is InChI=1S/C17H18N6O2/c1-20-17(19)23-16(24)13-6-11-3-2-4-14(15(11)22-13)25-12-5-10(7-18)8-21-9-12/h2-6,8-9,22H,7,18H2,1H3,(H3,19,20,23,24). The molecule has 0 saturated heterocycles. The molecule has 0 radical (unpaired) electrons. The summed E-state index contributed by atoms with van der Waals surface area (Å²) < 4.78 is 5.90. The first-order chi connectivity index (χ1) is 12.1. The first-order valence-corrected chi connectivity index (χ1v) is 7.58. The van der Waals surface area contributed by atoms with Crippen molar-refractivity contribution in [2.75, 3.05) is 7.05 Å². The summed E-state index contributed by atoms with van der Waals surface area (Å²) in [6.07, 6.45) is 3.29. The molecular formula is C17H18N6O2. The molecule has 0 spiro atoms. The van der Waals surface area contributed by atoms with Crippen molar-refractivity contribution in [2.24, 2.45) is 16.5 Å². The number of nitrogens with two attached hydrogens (primary N) is 2. The van der Waals surface area contributed by atoms with Gasteiger partial charge >= 0.3 is 0 Å². The molecule has 8 heteroatoms. The topological polar surface area (TPSA) is 131 Å². The molecule has 0 unspecified atom stereocenters. The lowest BCUT2D eigenvalue weighted by Gasteiger charge is -2.07. The molecule has 1 amide bonds. The number of carbonyl (C=O) groups excluding carboxylic acids is 1. The minimum Gasteiger partial charge on any atom is -0.454 e. The van der Waals surface area contributed by atoms with Gasteiger partial charge in [-0.1, -0.05) is 12.1 Å². The van der Waals surface area contributed by atoms with E-state index in [4.69, 9.17) is 16.2 Å². The van der Waals surface area contributed by atoms with Crippen LogP contribution in [0.4, 0.5) is 0 Å². The Bertz CT molecular complexity index is 947. The molecule has 0 aliphatic carbocycles. The fourth-order valence-electron chi connectivity index (χ4n) is 2.33. The maximum Gasteiger partial charge on any atom is 0.274 e. The van der Waals surface area contributed by atoms with Crippen molar-refractivity contribution in [1.29, 1.82) is 0 Å². The summed E-state index contributed by atoms with van der Waals surface area (Å²) >= 11 is 0. The summed E-state index contributed by atoms with van der Waals surface area (Å²) in [6, 6.07) is 9.06. The molecule has 0 aliphatic heterocycles. The predicted octanol–water partition coefficient (Wildman–Crippen LogP) is 1.49. The zero-order chi connectivity index (χ0) is 17.8. The quantitative estimate of drug-likeness (QED) is 0.423. The number of guanidine groups is 1. The second-order valence-electron chi connectivity index (χ2n) is 5.30. The number of pyridine rings is 1. The molecule has 3 rings (SSSR count). The molecule has 0 aliphatic rings.